The second-order valence-corrected chi connectivity index (χ2v) is 6.59. The lowest BCUT2D eigenvalue weighted by atomic mass is 9.95. The lowest BCUT2D eigenvalue weighted by molar-refractivity contribution is 0.226. The molecule has 0 saturated heterocycles. The Kier molecular flexibility index (Phi) is 14.3. The molecular weight excluding hydrogens is 232 g/mol. The zero-order chi connectivity index (χ0) is 14.3. The highest BCUT2D eigenvalue weighted by atomic mass is 16.3. The van der Waals surface area contributed by atoms with Crippen molar-refractivity contribution in [2.75, 3.05) is 6.61 Å². The van der Waals surface area contributed by atoms with Crippen molar-refractivity contribution in [2.24, 2.45) is 11.8 Å². The van der Waals surface area contributed by atoms with Crippen molar-refractivity contribution in [3.63, 3.8) is 0 Å². The van der Waals surface area contributed by atoms with Gasteiger partial charge < -0.3 is 5.11 Å². The Morgan fingerprint density at radius 2 is 1.05 bits per heavy atom. The van der Waals surface area contributed by atoms with Crippen LogP contribution in [0.15, 0.2) is 0 Å². The Hall–Kier alpha value is -0.0400. The summed E-state index contributed by atoms with van der Waals surface area (Å²) >= 11 is 0. The minimum absolute atomic E-state index is 0.355. The highest BCUT2D eigenvalue weighted by molar-refractivity contribution is 4.57. The van der Waals surface area contributed by atoms with Crippen LogP contribution in [-0.4, -0.2) is 11.7 Å². The molecule has 0 aliphatic rings. The summed E-state index contributed by atoms with van der Waals surface area (Å²) in [5.41, 5.74) is 0. The van der Waals surface area contributed by atoms with E-state index >= 15 is 0 Å². The van der Waals surface area contributed by atoms with Crippen LogP contribution in [0.2, 0.25) is 0 Å². The first-order chi connectivity index (χ1) is 9.20. The van der Waals surface area contributed by atoms with Gasteiger partial charge in [0.1, 0.15) is 0 Å². The topological polar surface area (TPSA) is 20.2 Å². The van der Waals surface area contributed by atoms with Gasteiger partial charge in [0.2, 0.25) is 0 Å². The Morgan fingerprint density at radius 1 is 0.632 bits per heavy atom. The van der Waals surface area contributed by atoms with E-state index in [4.69, 9.17) is 5.11 Å². The molecule has 1 N–H and O–H groups in total. The van der Waals surface area contributed by atoms with Crippen LogP contribution in [-0.2, 0) is 0 Å². The van der Waals surface area contributed by atoms with E-state index in [-0.39, 0.29) is 0 Å². The SMILES string of the molecule is CCCCCCCCCC(C)CCCCC(C)CO. The number of unbranched alkanes of at least 4 members (excludes halogenated alkanes) is 7. The fourth-order valence-corrected chi connectivity index (χ4v) is 2.67. The van der Waals surface area contributed by atoms with Gasteiger partial charge in [0.05, 0.1) is 0 Å². The molecule has 2 atom stereocenters. The number of hydrogen-bond donors (Lipinski definition) is 1. The van der Waals surface area contributed by atoms with E-state index in [1.807, 2.05) is 0 Å². The molecule has 0 aliphatic heterocycles. The van der Waals surface area contributed by atoms with Crippen molar-refractivity contribution in [1.29, 1.82) is 0 Å². The van der Waals surface area contributed by atoms with Crippen molar-refractivity contribution < 1.29 is 5.11 Å². The molecule has 0 radical (unpaired) electrons. The molecule has 0 bridgehead atoms. The van der Waals surface area contributed by atoms with E-state index in [1.54, 1.807) is 0 Å². The third-order valence-corrected chi connectivity index (χ3v) is 4.26. The molecule has 0 heterocycles. The largest absolute Gasteiger partial charge is 0.396 e. The second-order valence-electron chi connectivity index (χ2n) is 6.59. The number of aliphatic hydroxyl groups excluding tert-OH is 1. The molecule has 1 nitrogen and oxygen atoms in total. The number of aliphatic hydroxyl groups is 1. The maximum absolute atomic E-state index is 8.96. The maximum Gasteiger partial charge on any atom is 0.0456 e. The van der Waals surface area contributed by atoms with Crippen LogP contribution in [0.1, 0.15) is 97.8 Å². The number of hydrogen-bond acceptors (Lipinski definition) is 1. The van der Waals surface area contributed by atoms with Gasteiger partial charge in [-0.2, -0.15) is 0 Å². The number of rotatable bonds is 14. The van der Waals surface area contributed by atoms with Crippen LogP contribution < -0.4 is 0 Å². The van der Waals surface area contributed by atoms with Crippen molar-refractivity contribution >= 4 is 0 Å². The smallest absolute Gasteiger partial charge is 0.0456 e. The molecule has 0 aliphatic carbocycles. The van der Waals surface area contributed by atoms with Crippen molar-refractivity contribution in [3.05, 3.63) is 0 Å². The molecule has 0 aromatic rings. The molecule has 19 heavy (non-hydrogen) atoms. The van der Waals surface area contributed by atoms with Crippen LogP contribution >= 0.6 is 0 Å². The normalized spacial score (nSPS) is 14.5. The van der Waals surface area contributed by atoms with Gasteiger partial charge in [-0.15, -0.1) is 0 Å². The van der Waals surface area contributed by atoms with Crippen LogP contribution in [0.5, 0.6) is 0 Å². The average molecular weight is 271 g/mol. The Balaban J connectivity index is 3.19. The third kappa shape index (κ3) is 14.2. The fraction of sp³-hybridized carbons (Fsp3) is 1.00. The molecule has 116 valence electrons. The molecule has 0 fully saturated rings. The van der Waals surface area contributed by atoms with Gasteiger partial charge in [0.25, 0.3) is 0 Å². The quantitative estimate of drug-likeness (QED) is 0.387. The Morgan fingerprint density at radius 3 is 1.58 bits per heavy atom. The van der Waals surface area contributed by atoms with Gasteiger partial charge in [-0.05, 0) is 18.3 Å². The highest BCUT2D eigenvalue weighted by Crippen LogP contribution is 2.18. The summed E-state index contributed by atoms with van der Waals surface area (Å²) in [4.78, 5) is 0. The lowest BCUT2D eigenvalue weighted by Gasteiger charge is -2.12. The van der Waals surface area contributed by atoms with Gasteiger partial charge >= 0.3 is 0 Å². The monoisotopic (exact) mass is 270 g/mol. The molecule has 0 amide bonds. The summed E-state index contributed by atoms with van der Waals surface area (Å²) in [6.07, 6.45) is 16.6. The van der Waals surface area contributed by atoms with Crippen molar-refractivity contribution in [1.82, 2.24) is 0 Å². The summed E-state index contributed by atoms with van der Waals surface area (Å²) in [5.74, 6) is 1.40. The molecular formula is C18H38O. The van der Waals surface area contributed by atoms with Crippen LogP contribution in [0.4, 0.5) is 0 Å². The zero-order valence-corrected chi connectivity index (χ0v) is 13.8. The standard InChI is InChI=1S/C18H38O/c1-4-5-6-7-8-9-10-13-17(2)14-11-12-15-18(3)16-19/h17-19H,4-16H2,1-3H3. The molecule has 0 spiro atoms. The van der Waals surface area contributed by atoms with Crippen molar-refractivity contribution in [3.8, 4) is 0 Å². The van der Waals surface area contributed by atoms with E-state index in [2.05, 4.69) is 20.8 Å². The maximum atomic E-state index is 8.96. The van der Waals surface area contributed by atoms with Gasteiger partial charge in [0.15, 0.2) is 0 Å². The summed E-state index contributed by atoms with van der Waals surface area (Å²) in [7, 11) is 0. The summed E-state index contributed by atoms with van der Waals surface area (Å²) < 4.78 is 0. The summed E-state index contributed by atoms with van der Waals surface area (Å²) in [5, 5.41) is 8.96. The first-order valence-corrected chi connectivity index (χ1v) is 8.81. The van der Waals surface area contributed by atoms with Gasteiger partial charge in [-0.3, -0.25) is 0 Å². The van der Waals surface area contributed by atoms with Gasteiger partial charge in [-0.1, -0.05) is 91.4 Å². The Labute approximate surface area is 122 Å². The predicted molar refractivity (Wildman–Crippen MR) is 86.5 cm³/mol. The Bertz CT molecular complexity index is 167. The van der Waals surface area contributed by atoms with E-state index in [1.165, 1.54) is 77.0 Å². The molecule has 0 rings (SSSR count). The minimum atomic E-state index is 0.355. The van der Waals surface area contributed by atoms with Crippen LogP contribution in [0, 0.1) is 11.8 Å². The van der Waals surface area contributed by atoms with E-state index < -0.39 is 0 Å². The zero-order valence-electron chi connectivity index (χ0n) is 13.8. The molecule has 1 heteroatoms. The summed E-state index contributed by atoms with van der Waals surface area (Å²) in [6, 6.07) is 0. The van der Waals surface area contributed by atoms with Crippen LogP contribution in [0.3, 0.4) is 0 Å². The van der Waals surface area contributed by atoms with E-state index in [0.717, 1.165) is 5.92 Å². The highest BCUT2D eigenvalue weighted by Gasteiger charge is 2.04. The van der Waals surface area contributed by atoms with Gasteiger partial charge in [0, 0.05) is 6.61 Å². The van der Waals surface area contributed by atoms with Gasteiger partial charge in [-0.25, -0.2) is 0 Å². The molecule has 2 unspecified atom stereocenters. The third-order valence-electron chi connectivity index (χ3n) is 4.26. The van der Waals surface area contributed by atoms with Crippen LogP contribution in [0.25, 0.3) is 0 Å². The molecule has 0 aromatic carbocycles. The van der Waals surface area contributed by atoms with E-state index in [0.29, 0.717) is 12.5 Å². The average Bonchev–Trinajstić information content (AvgIpc) is 2.42. The molecule has 0 aromatic heterocycles. The summed E-state index contributed by atoms with van der Waals surface area (Å²) in [6.45, 7) is 7.19. The van der Waals surface area contributed by atoms with E-state index in [9.17, 15) is 0 Å². The first-order valence-electron chi connectivity index (χ1n) is 8.81. The predicted octanol–water partition coefficient (Wildman–Crippen LogP) is 5.95. The lowest BCUT2D eigenvalue weighted by Crippen LogP contribution is -2.01. The minimum Gasteiger partial charge on any atom is -0.396 e. The second kappa shape index (κ2) is 14.4. The molecule has 0 saturated carbocycles. The first kappa shape index (κ1) is 19.0. The fourth-order valence-electron chi connectivity index (χ4n) is 2.67. The van der Waals surface area contributed by atoms with Crippen molar-refractivity contribution in [2.45, 2.75) is 97.8 Å².